The molecular formula is C24H29N3O3. The molecule has 0 N–H and O–H groups in total. The molecule has 0 spiro atoms. The maximum atomic E-state index is 13.4. The van der Waals surface area contributed by atoms with Crippen LogP contribution in [0.3, 0.4) is 0 Å². The Morgan fingerprint density at radius 3 is 2.30 bits per heavy atom. The van der Waals surface area contributed by atoms with Crippen molar-refractivity contribution in [2.45, 2.75) is 12.8 Å². The second kappa shape index (κ2) is 8.69. The highest BCUT2D eigenvalue weighted by molar-refractivity contribution is 5.98. The van der Waals surface area contributed by atoms with Gasteiger partial charge in [0.05, 0.1) is 14.2 Å². The quantitative estimate of drug-likeness (QED) is 0.758. The number of rotatable bonds is 5. The van der Waals surface area contributed by atoms with Crippen LogP contribution < -0.4 is 14.4 Å². The zero-order chi connectivity index (χ0) is 21.1. The summed E-state index contributed by atoms with van der Waals surface area (Å²) in [6, 6.07) is 7.96. The lowest BCUT2D eigenvalue weighted by Gasteiger charge is -2.36. The molecule has 1 amide bonds. The second-order valence-electron chi connectivity index (χ2n) is 7.70. The van der Waals surface area contributed by atoms with Gasteiger partial charge in [-0.1, -0.05) is 18.2 Å². The molecule has 0 unspecified atom stereocenters. The summed E-state index contributed by atoms with van der Waals surface area (Å²) in [7, 11) is 5.27. The molecule has 0 atom stereocenters. The van der Waals surface area contributed by atoms with E-state index in [9.17, 15) is 4.79 Å². The number of aryl methyl sites for hydroxylation is 1. The summed E-state index contributed by atoms with van der Waals surface area (Å²) in [5, 5.41) is 0. The van der Waals surface area contributed by atoms with Crippen LogP contribution in [0.1, 0.15) is 28.9 Å². The van der Waals surface area contributed by atoms with Crippen LogP contribution in [0.4, 0.5) is 5.69 Å². The van der Waals surface area contributed by atoms with Crippen molar-refractivity contribution in [3.8, 4) is 11.5 Å². The van der Waals surface area contributed by atoms with Gasteiger partial charge in [-0.15, -0.1) is 0 Å². The molecule has 1 saturated heterocycles. The lowest BCUT2D eigenvalue weighted by molar-refractivity contribution is 0.0737. The van der Waals surface area contributed by atoms with Crippen molar-refractivity contribution in [2.24, 2.45) is 7.05 Å². The van der Waals surface area contributed by atoms with Crippen LogP contribution in [0.15, 0.2) is 48.7 Å². The molecule has 1 aromatic heterocycles. The maximum Gasteiger partial charge on any atom is 0.271 e. The zero-order valence-corrected chi connectivity index (χ0v) is 17.9. The number of hydrogen-bond donors (Lipinski definition) is 0. The number of carbonyl (C=O) groups excluding carboxylic acids is 1. The second-order valence-corrected chi connectivity index (χ2v) is 7.70. The summed E-state index contributed by atoms with van der Waals surface area (Å²) in [5.74, 6) is 1.65. The van der Waals surface area contributed by atoms with Crippen molar-refractivity contribution in [3.63, 3.8) is 0 Å². The first-order chi connectivity index (χ1) is 14.6. The monoisotopic (exact) mass is 407 g/mol. The van der Waals surface area contributed by atoms with Gasteiger partial charge in [-0.05, 0) is 24.5 Å². The lowest BCUT2D eigenvalue weighted by atomic mass is 9.97. The SMILES string of the molecule is COc1cc(OC)cc(N2CCN(C(=O)c3c(C4=CC=CCC4)ccn3C)CC2)c1. The van der Waals surface area contributed by atoms with Gasteiger partial charge in [0.1, 0.15) is 17.2 Å². The normalized spacial score (nSPS) is 16.4. The molecule has 4 rings (SSSR count). The van der Waals surface area contributed by atoms with Crippen LogP contribution in [-0.2, 0) is 7.05 Å². The molecule has 158 valence electrons. The molecule has 1 fully saturated rings. The Kier molecular flexibility index (Phi) is 5.84. The molecule has 1 aromatic carbocycles. The Bertz CT molecular complexity index is 959. The topological polar surface area (TPSA) is 46.9 Å². The van der Waals surface area contributed by atoms with Gasteiger partial charge in [-0.3, -0.25) is 4.79 Å². The van der Waals surface area contributed by atoms with Gasteiger partial charge in [-0.25, -0.2) is 0 Å². The van der Waals surface area contributed by atoms with Crippen LogP contribution in [0.25, 0.3) is 5.57 Å². The molecule has 1 aliphatic carbocycles. The molecule has 2 heterocycles. The van der Waals surface area contributed by atoms with Gasteiger partial charge in [0.2, 0.25) is 0 Å². The number of piperazine rings is 1. The number of anilines is 1. The molecule has 6 nitrogen and oxygen atoms in total. The van der Waals surface area contributed by atoms with E-state index in [-0.39, 0.29) is 5.91 Å². The third-order valence-electron chi connectivity index (χ3n) is 5.90. The van der Waals surface area contributed by atoms with Crippen molar-refractivity contribution in [3.05, 3.63) is 59.9 Å². The van der Waals surface area contributed by atoms with E-state index in [1.807, 2.05) is 40.9 Å². The Morgan fingerprint density at radius 2 is 1.70 bits per heavy atom. The van der Waals surface area contributed by atoms with Crippen molar-refractivity contribution >= 4 is 17.2 Å². The first kappa shape index (κ1) is 20.1. The fourth-order valence-corrected chi connectivity index (χ4v) is 4.17. The highest BCUT2D eigenvalue weighted by Crippen LogP contribution is 2.30. The Labute approximate surface area is 178 Å². The van der Waals surface area contributed by atoms with Gasteiger partial charge < -0.3 is 23.8 Å². The van der Waals surface area contributed by atoms with Crippen molar-refractivity contribution in [2.75, 3.05) is 45.3 Å². The summed E-state index contributed by atoms with van der Waals surface area (Å²) in [6.07, 6.45) is 10.4. The number of allylic oxidation sites excluding steroid dienone is 4. The number of benzene rings is 1. The lowest BCUT2D eigenvalue weighted by Crippen LogP contribution is -2.49. The Balaban J connectivity index is 1.49. The predicted octanol–water partition coefficient (Wildman–Crippen LogP) is 3.74. The smallest absolute Gasteiger partial charge is 0.271 e. The summed E-state index contributed by atoms with van der Waals surface area (Å²) >= 11 is 0. The fourth-order valence-electron chi connectivity index (χ4n) is 4.17. The van der Waals surface area contributed by atoms with Gasteiger partial charge >= 0.3 is 0 Å². The average molecular weight is 408 g/mol. The Hall–Kier alpha value is -3.15. The van der Waals surface area contributed by atoms with E-state index in [2.05, 4.69) is 29.2 Å². The number of nitrogens with zero attached hydrogens (tertiary/aromatic N) is 3. The molecule has 2 aromatic rings. The van der Waals surface area contributed by atoms with Crippen LogP contribution in [0.5, 0.6) is 11.5 Å². The number of ether oxygens (including phenoxy) is 2. The summed E-state index contributed by atoms with van der Waals surface area (Å²) in [6.45, 7) is 2.91. The van der Waals surface area contributed by atoms with E-state index in [0.29, 0.717) is 13.1 Å². The van der Waals surface area contributed by atoms with Gasteiger partial charge in [0.15, 0.2) is 0 Å². The first-order valence-corrected chi connectivity index (χ1v) is 10.4. The number of amides is 1. The minimum Gasteiger partial charge on any atom is -0.497 e. The number of methoxy groups -OCH3 is 2. The van der Waals surface area contributed by atoms with E-state index >= 15 is 0 Å². The summed E-state index contributed by atoms with van der Waals surface area (Å²) < 4.78 is 12.7. The van der Waals surface area contributed by atoms with E-state index in [1.54, 1.807) is 14.2 Å². The minimum atomic E-state index is 0.107. The highest BCUT2D eigenvalue weighted by atomic mass is 16.5. The van der Waals surface area contributed by atoms with Gasteiger partial charge in [0.25, 0.3) is 5.91 Å². The predicted molar refractivity (Wildman–Crippen MR) is 119 cm³/mol. The van der Waals surface area contributed by atoms with Crippen molar-refractivity contribution in [1.29, 1.82) is 0 Å². The molecule has 1 aliphatic heterocycles. The molecular weight excluding hydrogens is 378 g/mol. The van der Waals surface area contributed by atoms with Crippen LogP contribution >= 0.6 is 0 Å². The number of carbonyl (C=O) groups is 1. The molecule has 6 heteroatoms. The standard InChI is InChI=1S/C24H29N3O3/c1-25-10-9-22(18-7-5-4-6-8-18)23(25)24(28)27-13-11-26(12-14-27)19-15-20(29-2)17-21(16-19)30-3/h4-5,7,9-10,15-17H,6,8,11-14H2,1-3H3. The largest absolute Gasteiger partial charge is 0.497 e. The van der Waals surface area contributed by atoms with Crippen LogP contribution in [0.2, 0.25) is 0 Å². The van der Waals surface area contributed by atoms with E-state index < -0.39 is 0 Å². The van der Waals surface area contributed by atoms with Gasteiger partial charge in [-0.2, -0.15) is 0 Å². The van der Waals surface area contributed by atoms with E-state index in [0.717, 1.165) is 54.4 Å². The summed E-state index contributed by atoms with van der Waals surface area (Å²) in [4.78, 5) is 17.6. The Morgan fingerprint density at radius 1 is 1.00 bits per heavy atom. The first-order valence-electron chi connectivity index (χ1n) is 10.4. The average Bonchev–Trinajstić information content (AvgIpc) is 3.20. The van der Waals surface area contributed by atoms with Crippen LogP contribution in [0, 0.1) is 0 Å². The molecule has 30 heavy (non-hydrogen) atoms. The molecule has 2 aliphatic rings. The third kappa shape index (κ3) is 3.95. The minimum absolute atomic E-state index is 0.107. The van der Waals surface area contributed by atoms with E-state index in [4.69, 9.17) is 9.47 Å². The van der Waals surface area contributed by atoms with E-state index in [1.165, 1.54) is 5.57 Å². The third-order valence-corrected chi connectivity index (χ3v) is 5.90. The highest BCUT2D eigenvalue weighted by Gasteiger charge is 2.27. The number of hydrogen-bond acceptors (Lipinski definition) is 4. The fraction of sp³-hybridized carbons (Fsp3) is 0.375. The van der Waals surface area contributed by atoms with Crippen LogP contribution in [-0.4, -0.2) is 55.8 Å². The summed E-state index contributed by atoms with van der Waals surface area (Å²) in [5.41, 5.74) is 4.14. The van der Waals surface area contributed by atoms with Gasteiger partial charge in [0, 0.05) is 68.9 Å². The molecule has 0 radical (unpaired) electrons. The molecule has 0 bridgehead atoms. The number of aromatic nitrogens is 1. The maximum absolute atomic E-state index is 13.4. The van der Waals surface area contributed by atoms with Crippen molar-refractivity contribution < 1.29 is 14.3 Å². The molecule has 0 saturated carbocycles. The zero-order valence-electron chi connectivity index (χ0n) is 17.9. The van der Waals surface area contributed by atoms with Crippen molar-refractivity contribution in [1.82, 2.24) is 9.47 Å².